The van der Waals surface area contributed by atoms with E-state index in [1.54, 1.807) is 0 Å². The zero-order valence-electron chi connectivity index (χ0n) is 38.5. The lowest BCUT2D eigenvalue weighted by Crippen LogP contribution is -2.46. The minimum Gasteiger partial charge on any atom is -0.756 e. The van der Waals surface area contributed by atoms with Crippen molar-refractivity contribution in [2.75, 3.05) is 40.9 Å². The molecule has 0 aromatic carbocycles. The van der Waals surface area contributed by atoms with Crippen LogP contribution in [0, 0.1) is 0 Å². The normalized spacial score (nSPS) is 14.7. The summed E-state index contributed by atoms with van der Waals surface area (Å²) in [4.78, 5) is 25.3. The van der Waals surface area contributed by atoms with Gasteiger partial charge in [0.05, 0.1) is 39.9 Å². The number of aliphatic hydroxyl groups is 1. The summed E-state index contributed by atoms with van der Waals surface area (Å²) in [6.45, 7) is 4.67. The van der Waals surface area contributed by atoms with E-state index in [0.717, 1.165) is 44.9 Å². The largest absolute Gasteiger partial charge is 0.756 e. The van der Waals surface area contributed by atoms with Crippen molar-refractivity contribution < 1.29 is 32.9 Å². The molecule has 340 valence electrons. The number of likely N-dealkylation sites (N-methyl/N-ethyl adjacent to an activating group) is 1. The number of amides is 1. The van der Waals surface area contributed by atoms with Crippen molar-refractivity contribution in [1.29, 1.82) is 0 Å². The van der Waals surface area contributed by atoms with Crippen LogP contribution in [-0.2, 0) is 18.4 Å². The molecule has 0 rings (SSSR count). The van der Waals surface area contributed by atoms with E-state index in [2.05, 4.69) is 67.8 Å². The van der Waals surface area contributed by atoms with Gasteiger partial charge in [-0.15, -0.1) is 0 Å². The van der Waals surface area contributed by atoms with Gasteiger partial charge < -0.3 is 28.8 Å². The highest BCUT2D eigenvalue weighted by Gasteiger charge is 2.24. The second-order valence-corrected chi connectivity index (χ2v) is 18.9. The maximum atomic E-state index is 12.9. The number of rotatable bonds is 43. The Morgan fingerprint density at radius 3 is 1.45 bits per heavy atom. The van der Waals surface area contributed by atoms with Gasteiger partial charge in [0.2, 0.25) is 5.91 Å². The predicted octanol–water partition coefficient (Wildman–Crippen LogP) is 13.0. The summed E-state index contributed by atoms with van der Waals surface area (Å²) in [5, 5.41) is 13.9. The zero-order chi connectivity index (χ0) is 42.8. The van der Waals surface area contributed by atoms with Gasteiger partial charge in [-0.2, -0.15) is 0 Å². The Morgan fingerprint density at radius 2 is 1.00 bits per heavy atom. The lowest BCUT2D eigenvalue weighted by Gasteiger charge is -2.30. The summed E-state index contributed by atoms with van der Waals surface area (Å²) in [7, 11) is 1.27. The van der Waals surface area contributed by atoms with Crippen LogP contribution in [0.5, 0.6) is 0 Å². The third-order valence-electron chi connectivity index (χ3n) is 10.6. The highest BCUT2D eigenvalue weighted by atomic mass is 31.2. The summed E-state index contributed by atoms with van der Waals surface area (Å²) < 4.78 is 23.3. The van der Waals surface area contributed by atoms with Crippen LogP contribution in [0.15, 0.2) is 48.6 Å². The van der Waals surface area contributed by atoms with E-state index >= 15 is 0 Å². The van der Waals surface area contributed by atoms with Gasteiger partial charge in [-0.3, -0.25) is 9.36 Å². The average molecular weight is 837 g/mol. The number of phosphoric ester groups is 1. The van der Waals surface area contributed by atoms with Crippen LogP contribution in [0.3, 0.4) is 0 Å². The minimum atomic E-state index is -4.58. The van der Waals surface area contributed by atoms with E-state index < -0.39 is 20.0 Å². The van der Waals surface area contributed by atoms with Crippen molar-refractivity contribution in [3.63, 3.8) is 0 Å². The number of nitrogens with one attached hydrogen (secondary N) is 1. The maximum absolute atomic E-state index is 12.9. The molecule has 0 fully saturated rings. The molecule has 0 bridgehead atoms. The van der Waals surface area contributed by atoms with E-state index in [1.165, 1.54) is 128 Å². The Balaban J connectivity index is 4.42. The number of unbranched alkanes of at least 4 members (excludes halogenated alkanes) is 22. The molecule has 9 heteroatoms. The van der Waals surface area contributed by atoms with Gasteiger partial charge >= 0.3 is 0 Å². The summed E-state index contributed by atoms with van der Waals surface area (Å²) >= 11 is 0. The van der Waals surface area contributed by atoms with Crippen LogP contribution >= 0.6 is 7.82 Å². The van der Waals surface area contributed by atoms with E-state index in [-0.39, 0.29) is 25.5 Å². The highest BCUT2D eigenvalue weighted by Crippen LogP contribution is 2.38. The molecule has 0 aliphatic carbocycles. The molecule has 0 saturated heterocycles. The van der Waals surface area contributed by atoms with Crippen molar-refractivity contribution in [2.24, 2.45) is 0 Å². The molecule has 0 heterocycles. The molecule has 0 aromatic heterocycles. The Kier molecular flexibility index (Phi) is 39.8. The predicted molar refractivity (Wildman–Crippen MR) is 247 cm³/mol. The van der Waals surface area contributed by atoms with Crippen molar-refractivity contribution in [3.8, 4) is 0 Å². The topological polar surface area (TPSA) is 108 Å². The van der Waals surface area contributed by atoms with Gasteiger partial charge in [0.25, 0.3) is 7.82 Å². The van der Waals surface area contributed by atoms with Crippen LogP contribution in [0.2, 0.25) is 0 Å². The Labute approximate surface area is 359 Å². The minimum absolute atomic E-state index is 0.000626. The Bertz CT molecular complexity index is 1090. The van der Waals surface area contributed by atoms with E-state index in [9.17, 15) is 19.4 Å². The second-order valence-electron chi connectivity index (χ2n) is 17.5. The van der Waals surface area contributed by atoms with Crippen LogP contribution in [0.1, 0.15) is 206 Å². The number of allylic oxidation sites excluding steroid dienone is 8. The van der Waals surface area contributed by atoms with E-state index in [0.29, 0.717) is 23.9 Å². The SMILES string of the molecule is CCCCCCCCC/C=C/C/C=C/C/C=C/C/C=C/CCCC(=O)N[C@@H](COP(=O)([O-])OCC[N+](C)(C)C)[C@H](O)CCCCCCCCCCCCCCCCC. The highest BCUT2D eigenvalue weighted by molar-refractivity contribution is 7.45. The molecule has 3 atom stereocenters. The summed E-state index contributed by atoms with van der Waals surface area (Å²) in [6.07, 6.45) is 51.2. The number of aliphatic hydroxyl groups excluding tert-OH is 1. The first-order valence-electron chi connectivity index (χ1n) is 24.0. The van der Waals surface area contributed by atoms with Gasteiger partial charge in [-0.05, 0) is 51.4 Å². The number of carbonyl (C=O) groups excluding carboxylic acids is 1. The van der Waals surface area contributed by atoms with Crippen LogP contribution < -0.4 is 10.2 Å². The number of hydrogen-bond donors (Lipinski definition) is 2. The average Bonchev–Trinajstić information content (AvgIpc) is 3.17. The smallest absolute Gasteiger partial charge is 0.268 e. The van der Waals surface area contributed by atoms with Crippen molar-refractivity contribution in [1.82, 2.24) is 5.32 Å². The molecule has 0 saturated carbocycles. The summed E-state index contributed by atoms with van der Waals surface area (Å²) in [5.41, 5.74) is 0. The molecule has 8 nitrogen and oxygen atoms in total. The van der Waals surface area contributed by atoms with Crippen molar-refractivity contribution in [3.05, 3.63) is 48.6 Å². The standard InChI is InChI=1S/C49H93N2O6P/c1-6-8-10-12-14-16-18-20-22-23-24-25-26-27-29-31-33-35-37-39-41-43-49(53)50-47(46-57-58(54,55)56-45-44-51(3,4)5)48(52)42-40-38-36-34-32-30-28-21-19-17-15-13-11-9-7-2/h22-23,25-26,29,31,35,37,47-48,52H,6-21,24,27-28,30,32-34,36,38-46H2,1-5H3,(H-,50,53,54,55)/b23-22+,26-25+,31-29+,37-35+/t47-,48+/m0/s1. The molecule has 58 heavy (non-hydrogen) atoms. The number of quaternary nitrogens is 1. The van der Waals surface area contributed by atoms with Crippen molar-refractivity contribution in [2.45, 2.75) is 219 Å². The van der Waals surface area contributed by atoms with Crippen LogP contribution in [0.4, 0.5) is 0 Å². The summed E-state index contributed by atoms with van der Waals surface area (Å²) in [6, 6.07) is -0.830. The van der Waals surface area contributed by atoms with Crippen molar-refractivity contribution >= 4 is 13.7 Å². The van der Waals surface area contributed by atoms with Gasteiger partial charge in [0, 0.05) is 6.42 Å². The van der Waals surface area contributed by atoms with Crippen LogP contribution in [-0.4, -0.2) is 68.5 Å². The summed E-state index contributed by atoms with van der Waals surface area (Å²) in [5.74, 6) is -0.219. The molecule has 0 aromatic rings. The fourth-order valence-electron chi connectivity index (χ4n) is 6.74. The molecular formula is C49H93N2O6P. The van der Waals surface area contributed by atoms with Crippen LogP contribution in [0.25, 0.3) is 0 Å². The first kappa shape index (κ1) is 56.5. The zero-order valence-corrected chi connectivity index (χ0v) is 39.4. The molecule has 1 amide bonds. The third kappa shape index (κ3) is 42.6. The molecule has 2 N–H and O–H groups in total. The second kappa shape index (κ2) is 40.8. The third-order valence-corrected chi connectivity index (χ3v) is 11.5. The molecule has 0 aliphatic rings. The quantitative estimate of drug-likeness (QED) is 0.0274. The van der Waals surface area contributed by atoms with E-state index in [1.807, 2.05) is 21.1 Å². The number of hydrogen-bond acceptors (Lipinski definition) is 6. The Hall–Kier alpha value is -1.54. The van der Waals surface area contributed by atoms with Gasteiger partial charge in [0.1, 0.15) is 13.2 Å². The first-order valence-corrected chi connectivity index (χ1v) is 25.4. The molecule has 0 aliphatic heterocycles. The number of phosphoric acid groups is 1. The van der Waals surface area contributed by atoms with E-state index in [4.69, 9.17) is 9.05 Å². The monoisotopic (exact) mass is 837 g/mol. The fraction of sp³-hybridized carbons (Fsp3) is 0.816. The number of carbonyl (C=O) groups is 1. The molecule has 0 radical (unpaired) electrons. The first-order chi connectivity index (χ1) is 28.0. The van der Waals surface area contributed by atoms with Gasteiger partial charge in [0.15, 0.2) is 0 Å². The maximum Gasteiger partial charge on any atom is 0.268 e. The molecule has 1 unspecified atom stereocenters. The number of nitrogens with zero attached hydrogens (tertiary/aromatic N) is 1. The fourth-order valence-corrected chi connectivity index (χ4v) is 7.46. The molecule has 0 spiro atoms. The molecular weight excluding hydrogens is 744 g/mol. The Morgan fingerprint density at radius 1 is 0.603 bits per heavy atom. The van der Waals surface area contributed by atoms with Gasteiger partial charge in [-0.1, -0.05) is 197 Å². The lowest BCUT2D eigenvalue weighted by atomic mass is 10.0. The lowest BCUT2D eigenvalue weighted by molar-refractivity contribution is -0.870. The van der Waals surface area contributed by atoms with Gasteiger partial charge in [-0.25, -0.2) is 0 Å².